The summed E-state index contributed by atoms with van der Waals surface area (Å²) in [6, 6.07) is 9.63. The van der Waals surface area contributed by atoms with Crippen LogP contribution < -0.4 is 4.74 Å². The molecule has 0 saturated carbocycles. The Morgan fingerprint density at radius 2 is 2.00 bits per heavy atom. The molecule has 1 aliphatic heterocycles. The van der Waals surface area contributed by atoms with Crippen molar-refractivity contribution in [3.05, 3.63) is 30.3 Å². The predicted molar refractivity (Wildman–Crippen MR) is 46.5 cm³/mol. The third-order valence-electron chi connectivity index (χ3n) is 1.68. The summed E-state index contributed by atoms with van der Waals surface area (Å²) in [7, 11) is 0. The lowest BCUT2D eigenvalue weighted by Gasteiger charge is -2.01. The summed E-state index contributed by atoms with van der Waals surface area (Å²) in [5.41, 5.74) is -0.145. The molecular formula is C9H9ClO2. The Morgan fingerprint density at radius 3 is 2.58 bits per heavy atom. The fourth-order valence-corrected chi connectivity index (χ4v) is 1.14. The lowest BCUT2D eigenvalue weighted by Crippen LogP contribution is -2.05. The predicted octanol–water partition coefficient (Wildman–Crippen LogP) is 2.03. The van der Waals surface area contributed by atoms with Crippen LogP contribution in [0.1, 0.15) is 0 Å². The normalized spacial score (nSPS) is 26.8. The Hall–Kier alpha value is -0.730. The van der Waals surface area contributed by atoms with Gasteiger partial charge in [0.1, 0.15) is 18.5 Å². The first kappa shape index (κ1) is 7.90. The van der Waals surface area contributed by atoms with Gasteiger partial charge >= 0.3 is 0 Å². The number of epoxide rings is 1. The standard InChI is InChI=1S/C9H9ClO2/c10-9-8(12-9)6-11-7-4-2-1-3-5-7/h1-5,8-9H,6H2/t8-,9?/m1/s1. The number of halogens is 1. The van der Waals surface area contributed by atoms with Crippen molar-refractivity contribution in [3.8, 4) is 5.75 Å². The average molecular weight is 185 g/mol. The molecule has 1 fully saturated rings. The van der Waals surface area contributed by atoms with Gasteiger partial charge in [0.25, 0.3) is 0 Å². The molecule has 2 rings (SSSR count). The SMILES string of the molecule is ClC1O[C@@H]1COc1ccccc1. The van der Waals surface area contributed by atoms with Gasteiger partial charge in [0, 0.05) is 0 Å². The van der Waals surface area contributed by atoms with Crippen molar-refractivity contribution >= 4 is 11.6 Å². The second kappa shape index (κ2) is 3.33. The molecule has 2 nitrogen and oxygen atoms in total. The Kier molecular flexibility index (Phi) is 2.19. The van der Waals surface area contributed by atoms with Gasteiger partial charge in [0.2, 0.25) is 0 Å². The van der Waals surface area contributed by atoms with Crippen LogP contribution in [0.5, 0.6) is 5.75 Å². The first-order valence-electron chi connectivity index (χ1n) is 3.83. The summed E-state index contributed by atoms with van der Waals surface area (Å²) in [5, 5.41) is 0. The van der Waals surface area contributed by atoms with Crippen molar-refractivity contribution in [1.29, 1.82) is 0 Å². The van der Waals surface area contributed by atoms with Gasteiger partial charge in [-0.25, -0.2) is 0 Å². The van der Waals surface area contributed by atoms with Crippen LogP contribution in [0.3, 0.4) is 0 Å². The van der Waals surface area contributed by atoms with E-state index in [0.29, 0.717) is 6.61 Å². The summed E-state index contributed by atoms with van der Waals surface area (Å²) >= 11 is 5.62. The summed E-state index contributed by atoms with van der Waals surface area (Å²) in [6.45, 7) is 0.540. The van der Waals surface area contributed by atoms with E-state index in [9.17, 15) is 0 Å². The lowest BCUT2D eigenvalue weighted by atomic mass is 10.3. The molecule has 0 N–H and O–H groups in total. The highest BCUT2D eigenvalue weighted by Gasteiger charge is 2.37. The molecule has 3 heteroatoms. The van der Waals surface area contributed by atoms with E-state index in [4.69, 9.17) is 21.1 Å². The summed E-state index contributed by atoms with van der Waals surface area (Å²) < 4.78 is 10.4. The third kappa shape index (κ3) is 1.90. The highest BCUT2D eigenvalue weighted by molar-refractivity contribution is 6.21. The van der Waals surface area contributed by atoms with E-state index >= 15 is 0 Å². The van der Waals surface area contributed by atoms with Gasteiger partial charge < -0.3 is 9.47 Å². The molecule has 1 unspecified atom stereocenters. The van der Waals surface area contributed by atoms with Gasteiger partial charge in [-0.1, -0.05) is 29.8 Å². The highest BCUT2D eigenvalue weighted by Crippen LogP contribution is 2.26. The number of hydrogen-bond donors (Lipinski definition) is 0. The van der Waals surface area contributed by atoms with Gasteiger partial charge in [-0.3, -0.25) is 0 Å². The molecule has 1 aliphatic rings. The average Bonchev–Trinajstić information content (AvgIpc) is 2.81. The Morgan fingerprint density at radius 1 is 1.33 bits per heavy atom. The van der Waals surface area contributed by atoms with E-state index < -0.39 is 0 Å². The number of benzene rings is 1. The van der Waals surface area contributed by atoms with Gasteiger partial charge in [-0.15, -0.1) is 0 Å². The molecule has 1 aromatic rings. The van der Waals surface area contributed by atoms with Crippen LogP contribution in [-0.4, -0.2) is 18.3 Å². The summed E-state index contributed by atoms with van der Waals surface area (Å²) in [5.74, 6) is 0.858. The first-order valence-corrected chi connectivity index (χ1v) is 4.27. The van der Waals surface area contributed by atoms with Gasteiger partial charge in [-0.2, -0.15) is 0 Å². The molecule has 1 heterocycles. The monoisotopic (exact) mass is 184 g/mol. The fourth-order valence-electron chi connectivity index (χ4n) is 0.932. The van der Waals surface area contributed by atoms with Crippen molar-refractivity contribution in [3.63, 3.8) is 0 Å². The van der Waals surface area contributed by atoms with E-state index in [2.05, 4.69) is 0 Å². The smallest absolute Gasteiger partial charge is 0.161 e. The molecule has 0 bridgehead atoms. The van der Waals surface area contributed by atoms with E-state index in [0.717, 1.165) is 5.75 Å². The minimum Gasteiger partial charge on any atom is -0.491 e. The molecule has 0 aromatic heterocycles. The van der Waals surface area contributed by atoms with E-state index in [1.165, 1.54) is 0 Å². The molecule has 0 radical (unpaired) electrons. The van der Waals surface area contributed by atoms with Gasteiger partial charge in [0.05, 0.1) is 0 Å². The molecule has 1 saturated heterocycles. The maximum Gasteiger partial charge on any atom is 0.161 e. The lowest BCUT2D eigenvalue weighted by molar-refractivity contribution is 0.262. The molecule has 0 amide bonds. The van der Waals surface area contributed by atoms with Crippen LogP contribution in [0.4, 0.5) is 0 Å². The second-order valence-corrected chi connectivity index (χ2v) is 3.08. The molecule has 12 heavy (non-hydrogen) atoms. The van der Waals surface area contributed by atoms with Crippen molar-refractivity contribution in [1.82, 2.24) is 0 Å². The molecule has 1 aromatic carbocycles. The molecular weight excluding hydrogens is 176 g/mol. The van der Waals surface area contributed by atoms with Crippen molar-refractivity contribution in [2.75, 3.05) is 6.61 Å². The second-order valence-electron chi connectivity index (χ2n) is 2.65. The topological polar surface area (TPSA) is 21.8 Å². The zero-order valence-corrected chi connectivity index (χ0v) is 7.20. The van der Waals surface area contributed by atoms with Crippen molar-refractivity contribution in [2.24, 2.45) is 0 Å². The number of rotatable bonds is 3. The number of alkyl halides is 1. The number of hydrogen-bond acceptors (Lipinski definition) is 2. The van der Waals surface area contributed by atoms with Crippen molar-refractivity contribution in [2.45, 2.75) is 11.7 Å². The molecule has 0 spiro atoms. The Labute approximate surface area is 76.1 Å². The maximum atomic E-state index is 5.62. The van der Waals surface area contributed by atoms with Crippen LogP contribution in [0.2, 0.25) is 0 Å². The molecule has 0 aliphatic carbocycles. The maximum absolute atomic E-state index is 5.62. The van der Waals surface area contributed by atoms with Crippen LogP contribution in [0.15, 0.2) is 30.3 Å². The molecule has 64 valence electrons. The largest absolute Gasteiger partial charge is 0.491 e. The third-order valence-corrected chi connectivity index (χ3v) is 2.06. The quantitative estimate of drug-likeness (QED) is 0.530. The van der Waals surface area contributed by atoms with Crippen LogP contribution in [0.25, 0.3) is 0 Å². The number of para-hydroxylation sites is 1. The Balaban J connectivity index is 1.80. The van der Waals surface area contributed by atoms with Crippen LogP contribution in [-0.2, 0) is 4.74 Å². The van der Waals surface area contributed by atoms with E-state index in [-0.39, 0.29) is 11.7 Å². The number of ether oxygens (including phenoxy) is 2. The zero-order chi connectivity index (χ0) is 8.39. The first-order chi connectivity index (χ1) is 5.86. The Bertz CT molecular complexity index is 250. The van der Waals surface area contributed by atoms with Crippen LogP contribution in [0, 0.1) is 0 Å². The minimum atomic E-state index is -0.145. The molecule has 2 atom stereocenters. The highest BCUT2D eigenvalue weighted by atomic mass is 35.5. The van der Waals surface area contributed by atoms with Crippen molar-refractivity contribution < 1.29 is 9.47 Å². The summed E-state index contributed by atoms with van der Waals surface area (Å²) in [4.78, 5) is 0. The van der Waals surface area contributed by atoms with E-state index in [1.807, 2.05) is 30.3 Å². The minimum absolute atomic E-state index is 0.0758. The fraction of sp³-hybridized carbons (Fsp3) is 0.333. The summed E-state index contributed by atoms with van der Waals surface area (Å²) in [6.07, 6.45) is 0.0758. The van der Waals surface area contributed by atoms with Gasteiger partial charge in [-0.05, 0) is 12.1 Å². The van der Waals surface area contributed by atoms with E-state index in [1.54, 1.807) is 0 Å². The van der Waals surface area contributed by atoms with Gasteiger partial charge in [0.15, 0.2) is 5.56 Å². The van der Waals surface area contributed by atoms with Crippen LogP contribution >= 0.6 is 11.6 Å². The zero-order valence-electron chi connectivity index (χ0n) is 6.44.